The van der Waals surface area contributed by atoms with Gasteiger partial charge >= 0.3 is 0 Å². The molecule has 4 atom stereocenters. The average molecular weight is 224 g/mol. The SMILES string of the molecule is CC1CCN(C(=O)C2CCC(N)CC2C)C1. The van der Waals surface area contributed by atoms with Gasteiger partial charge < -0.3 is 10.6 Å². The second kappa shape index (κ2) is 4.74. The number of amides is 1. The number of rotatable bonds is 1. The summed E-state index contributed by atoms with van der Waals surface area (Å²) in [6, 6.07) is 0.316. The Morgan fingerprint density at radius 1 is 1.25 bits per heavy atom. The van der Waals surface area contributed by atoms with E-state index in [4.69, 9.17) is 5.73 Å². The molecule has 3 heteroatoms. The average Bonchev–Trinajstić information content (AvgIpc) is 2.64. The van der Waals surface area contributed by atoms with Crippen molar-refractivity contribution in [2.45, 2.75) is 45.6 Å². The van der Waals surface area contributed by atoms with Gasteiger partial charge in [0, 0.05) is 25.0 Å². The monoisotopic (exact) mass is 224 g/mol. The molecular formula is C13H24N2O. The van der Waals surface area contributed by atoms with Crippen molar-refractivity contribution in [2.75, 3.05) is 13.1 Å². The van der Waals surface area contributed by atoms with Crippen LogP contribution in [-0.2, 0) is 4.79 Å². The molecular weight excluding hydrogens is 200 g/mol. The summed E-state index contributed by atoms with van der Waals surface area (Å²) >= 11 is 0. The molecule has 3 nitrogen and oxygen atoms in total. The molecule has 0 aromatic carbocycles. The molecule has 0 spiro atoms. The van der Waals surface area contributed by atoms with Crippen molar-refractivity contribution in [3.05, 3.63) is 0 Å². The highest BCUT2D eigenvalue weighted by atomic mass is 16.2. The predicted octanol–water partition coefficient (Wildman–Crippen LogP) is 1.62. The van der Waals surface area contributed by atoms with Crippen LogP contribution in [0, 0.1) is 17.8 Å². The Bertz CT molecular complexity index is 267. The highest BCUT2D eigenvalue weighted by Gasteiger charge is 2.35. The number of carbonyl (C=O) groups excluding carboxylic acids is 1. The van der Waals surface area contributed by atoms with E-state index in [1.54, 1.807) is 0 Å². The molecule has 1 heterocycles. The number of nitrogens with zero attached hydrogens (tertiary/aromatic N) is 1. The predicted molar refractivity (Wildman–Crippen MR) is 64.8 cm³/mol. The van der Waals surface area contributed by atoms with Crippen molar-refractivity contribution in [1.29, 1.82) is 0 Å². The van der Waals surface area contributed by atoms with Crippen LogP contribution in [0.25, 0.3) is 0 Å². The first-order valence-electron chi connectivity index (χ1n) is 6.62. The standard InChI is InChI=1S/C13H24N2O/c1-9-5-6-15(8-9)13(16)12-4-3-11(14)7-10(12)2/h9-12H,3-8,14H2,1-2H3. The Morgan fingerprint density at radius 3 is 2.56 bits per heavy atom. The quantitative estimate of drug-likeness (QED) is 0.735. The van der Waals surface area contributed by atoms with Crippen molar-refractivity contribution in [1.82, 2.24) is 4.90 Å². The van der Waals surface area contributed by atoms with Crippen LogP contribution < -0.4 is 5.73 Å². The Hall–Kier alpha value is -0.570. The summed E-state index contributed by atoms with van der Waals surface area (Å²) in [5, 5.41) is 0. The summed E-state index contributed by atoms with van der Waals surface area (Å²) in [4.78, 5) is 14.4. The van der Waals surface area contributed by atoms with Gasteiger partial charge in [-0.2, -0.15) is 0 Å². The molecule has 1 aliphatic carbocycles. The van der Waals surface area contributed by atoms with Gasteiger partial charge in [0.1, 0.15) is 0 Å². The summed E-state index contributed by atoms with van der Waals surface area (Å²) < 4.78 is 0. The van der Waals surface area contributed by atoms with Crippen LogP contribution in [0.15, 0.2) is 0 Å². The van der Waals surface area contributed by atoms with Crippen molar-refractivity contribution < 1.29 is 4.79 Å². The minimum absolute atomic E-state index is 0.241. The second-order valence-electron chi connectivity index (χ2n) is 5.84. The first-order chi connectivity index (χ1) is 7.58. The van der Waals surface area contributed by atoms with Crippen LogP contribution >= 0.6 is 0 Å². The molecule has 0 aromatic rings. The molecule has 1 amide bonds. The molecule has 1 aliphatic heterocycles. The van der Waals surface area contributed by atoms with Crippen LogP contribution in [-0.4, -0.2) is 29.9 Å². The third-order valence-electron chi connectivity index (χ3n) is 4.26. The summed E-state index contributed by atoms with van der Waals surface area (Å²) in [7, 11) is 0. The third-order valence-corrected chi connectivity index (χ3v) is 4.26. The highest BCUT2D eigenvalue weighted by molar-refractivity contribution is 5.79. The molecule has 92 valence electrons. The maximum atomic E-state index is 12.3. The van der Waals surface area contributed by atoms with E-state index in [2.05, 4.69) is 18.7 Å². The van der Waals surface area contributed by atoms with Crippen molar-refractivity contribution in [2.24, 2.45) is 23.5 Å². The van der Waals surface area contributed by atoms with Crippen LogP contribution in [0.1, 0.15) is 39.5 Å². The second-order valence-corrected chi connectivity index (χ2v) is 5.84. The number of hydrogen-bond donors (Lipinski definition) is 1. The fraction of sp³-hybridized carbons (Fsp3) is 0.923. The van der Waals surface area contributed by atoms with E-state index >= 15 is 0 Å². The van der Waals surface area contributed by atoms with Gasteiger partial charge in [0.2, 0.25) is 5.91 Å². The van der Waals surface area contributed by atoms with E-state index in [0.717, 1.165) is 32.4 Å². The molecule has 0 aromatic heterocycles. The van der Waals surface area contributed by atoms with Crippen LogP contribution in [0.3, 0.4) is 0 Å². The normalized spacial score (nSPS) is 40.1. The lowest BCUT2D eigenvalue weighted by Gasteiger charge is -2.34. The molecule has 2 rings (SSSR count). The van der Waals surface area contributed by atoms with Crippen molar-refractivity contribution in [3.63, 3.8) is 0 Å². The van der Waals surface area contributed by atoms with Gasteiger partial charge in [0.25, 0.3) is 0 Å². The zero-order valence-corrected chi connectivity index (χ0v) is 10.5. The van der Waals surface area contributed by atoms with Gasteiger partial charge in [-0.1, -0.05) is 13.8 Å². The minimum atomic E-state index is 0.241. The Balaban J connectivity index is 1.94. The molecule has 0 bridgehead atoms. The molecule has 2 fully saturated rings. The third kappa shape index (κ3) is 2.40. The van der Waals surface area contributed by atoms with E-state index in [9.17, 15) is 4.79 Å². The number of nitrogens with two attached hydrogens (primary N) is 1. The summed E-state index contributed by atoms with van der Waals surface area (Å²) in [5.41, 5.74) is 5.94. The van der Waals surface area contributed by atoms with Gasteiger partial charge in [0.15, 0.2) is 0 Å². The van der Waals surface area contributed by atoms with Gasteiger partial charge in [-0.3, -0.25) is 4.79 Å². The topological polar surface area (TPSA) is 46.3 Å². The van der Waals surface area contributed by atoms with Crippen molar-refractivity contribution >= 4 is 5.91 Å². The maximum absolute atomic E-state index is 12.3. The molecule has 1 saturated heterocycles. The fourth-order valence-electron chi connectivity index (χ4n) is 3.17. The molecule has 16 heavy (non-hydrogen) atoms. The first-order valence-corrected chi connectivity index (χ1v) is 6.62. The van der Waals surface area contributed by atoms with E-state index in [1.807, 2.05) is 0 Å². The Kier molecular flexibility index (Phi) is 3.53. The van der Waals surface area contributed by atoms with Gasteiger partial charge in [-0.25, -0.2) is 0 Å². The Labute approximate surface area is 98.4 Å². The first kappa shape index (κ1) is 11.9. The number of hydrogen-bond acceptors (Lipinski definition) is 2. The van der Waals surface area contributed by atoms with E-state index in [0.29, 0.717) is 23.8 Å². The molecule has 2 N–H and O–H groups in total. The lowest BCUT2D eigenvalue weighted by Crippen LogP contribution is -2.42. The van der Waals surface area contributed by atoms with Crippen LogP contribution in [0.5, 0.6) is 0 Å². The van der Waals surface area contributed by atoms with E-state index in [-0.39, 0.29) is 5.92 Å². The summed E-state index contributed by atoms with van der Waals surface area (Å²) in [6.45, 7) is 6.35. The van der Waals surface area contributed by atoms with Crippen molar-refractivity contribution in [3.8, 4) is 0 Å². The van der Waals surface area contributed by atoms with Crippen LogP contribution in [0.2, 0.25) is 0 Å². The van der Waals surface area contributed by atoms with E-state index < -0.39 is 0 Å². The lowest BCUT2D eigenvalue weighted by atomic mass is 9.77. The number of likely N-dealkylation sites (tertiary alicyclic amines) is 1. The van der Waals surface area contributed by atoms with E-state index in [1.165, 1.54) is 6.42 Å². The highest BCUT2D eigenvalue weighted by Crippen LogP contribution is 2.31. The lowest BCUT2D eigenvalue weighted by molar-refractivity contribution is -0.137. The summed E-state index contributed by atoms with van der Waals surface area (Å²) in [5.74, 6) is 1.78. The number of carbonyl (C=O) groups is 1. The minimum Gasteiger partial charge on any atom is -0.342 e. The zero-order chi connectivity index (χ0) is 11.7. The molecule has 2 aliphatic rings. The molecule has 4 unspecified atom stereocenters. The zero-order valence-electron chi connectivity index (χ0n) is 10.5. The van der Waals surface area contributed by atoms with Crippen LogP contribution in [0.4, 0.5) is 0 Å². The summed E-state index contributed by atoms with van der Waals surface area (Å²) in [6.07, 6.45) is 4.20. The largest absolute Gasteiger partial charge is 0.342 e. The van der Waals surface area contributed by atoms with Gasteiger partial charge in [-0.15, -0.1) is 0 Å². The smallest absolute Gasteiger partial charge is 0.225 e. The van der Waals surface area contributed by atoms with Gasteiger partial charge in [0.05, 0.1) is 0 Å². The van der Waals surface area contributed by atoms with Gasteiger partial charge in [-0.05, 0) is 37.5 Å². The molecule has 0 radical (unpaired) electrons. The molecule has 1 saturated carbocycles. The Morgan fingerprint density at radius 2 is 2.00 bits per heavy atom. The maximum Gasteiger partial charge on any atom is 0.225 e. The fourth-order valence-corrected chi connectivity index (χ4v) is 3.17.